The Labute approximate surface area is 339 Å². The van der Waals surface area contributed by atoms with Crippen LogP contribution < -0.4 is 49.1 Å². The van der Waals surface area contributed by atoms with E-state index < -0.39 is 138 Å². The van der Waals surface area contributed by atoms with Crippen LogP contribution in [0.2, 0.25) is 0 Å². The molecule has 1 rings (SSSR count). The molecular weight excluding hydrogens is 784 g/mol. The standard InChI is InChI=1S/C35H58N10O14/c1-6-16(4)25(33(57)41-19(10-11-21(37)46)30(54)39-14-23(49)50)43-31(55)20-8-7-13-45(20)35(59)17(5)40-34(58)26(27(51)28(38)52)44-32(56)24(15(2)3)42-29(53)18(36)9-12-22(47)48/h15-20,24-27,51H,6-14,36H2,1-5H3,(H2,37,46)(H2,38,52)(H,39,54)(H,40,58)(H,41,57)(H,42,53)(H,43,55)(H,44,56)(H,47,48)(H,49,50)/t16-,17-,18-,19-,20-,24-,25-,26-,27?/m0/s1. The number of carbonyl (C=O) groups is 11. The van der Waals surface area contributed by atoms with Crippen LogP contribution in [0.25, 0.3) is 0 Å². The molecule has 0 bridgehead atoms. The van der Waals surface area contributed by atoms with Crippen LogP contribution in [0.1, 0.15) is 79.6 Å². The number of nitrogens with two attached hydrogens (primary N) is 3. The fraction of sp³-hybridized carbons (Fsp3) is 0.686. The first-order valence-corrected chi connectivity index (χ1v) is 19.0. The van der Waals surface area contributed by atoms with Crippen LogP contribution in [-0.2, 0) is 52.7 Å². The van der Waals surface area contributed by atoms with Gasteiger partial charge in [-0.2, -0.15) is 0 Å². The first-order chi connectivity index (χ1) is 27.4. The Morgan fingerprint density at radius 3 is 1.81 bits per heavy atom. The molecule has 1 unspecified atom stereocenters. The summed E-state index contributed by atoms with van der Waals surface area (Å²) in [6.45, 7) is 6.88. The summed E-state index contributed by atoms with van der Waals surface area (Å²) in [5.74, 6) is -12.5. The summed E-state index contributed by atoms with van der Waals surface area (Å²) in [5.41, 5.74) is 16.2. The van der Waals surface area contributed by atoms with Crippen molar-refractivity contribution in [2.75, 3.05) is 13.1 Å². The van der Waals surface area contributed by atoms with E-state index in [1.165, 1.54) is 20.8 Å². The third-order valence-electron chi connectivity index (χ3n) is 9.53. The van der Waals surface area contributed by atoms with E-state index in [9.17, 15) is 57.8 Å². The lowest BCUT2D eigenvalue weighted by Crippen LogP contribution is -2.63. The molecule has 15 N–H and O–H groups in total. The molecule has 0 aromatic carbocycles. The molecule has 0 radical (unpaired) electrons. The van der Waals surface area contributed by atoms with Gasteiger partial charge in [0.15, 0.2) is 6.10 Å². The number of carboxylic acid groups (broad SMARTS) is 2. The van der Waals surface area contributed by atoms with Gasteiger partial charge >= 0.3 is 11.9 Å². The Balaban J connectivity index is 3.19. The van der Waals surface area contributed by atoms with E-state index in [1.807, 2.05) is 0 Å². The van der Waals surface area contributed by atoms with E-state index in [-0.39, 0.29) is 32.2 Å². The summed E-state index contributed by atoms with van der Waals surface area (Å²) in [6.07, 6.45) is -2.81. The molecule has 9 atom stereocenters. The quantitative estimate of drug-likeness (QED) is 0.0408. The number of hydrogen-bond donors (Lipinski definition) is 12. The first-order valence-electron chi connectivity index (χ1n) is 19.0. The van der Waals surface area contributed by atoms with Crippen molar-refractivity contribution in [1.82, 2.24) is 36.8 Å². The predicted octanol–water partition coefficient (Wildman–Crippen LogP) is -5.37. The van der Waals surface area contributed by atoms with Gasteiger partial charge in [-0.05, 0) is 44.4 Å². The maximum atomic E-state index is 13.7. The molecule has 0 saturated carbocycles. The Morgan fingerprint density at radius 1 is 0.712 bits per heavy atom. The lowest BCUT2D eigenvalue weighted by molar-refractivity contribution is -0.144. The number of likely N-dealkylation sites (tertiary alicyclic amines) is 1. The van der Waals surface area contributed by atoms with Gasteiger partial charge in [0.1, 0.15) is 42.8 Å². The average Bonchev–Trinajstić information content (AvgIpc) is 3.66. The van der Waals surface area contributed by atoms with Crippen molar-refractivity contribution in [2.24, 2.45) is 29.0 Å². The number of hydrogen-bond acceptors (Lipinski definition) is 13. The van der Waals surface area contributed by atoms with E-state index in [0.717, 1.165) is 4.90 Å². The average molecular weight is 843 g/mol. The van der Waals surface area contributed by atoms with Gasteiger partial charge in [-0.15, -0.1) is 0 Å². The molecule has 1 aliphatic rings. The number of carbonyl (C=O) groups excluding carboxylic acids is 9. The molecule has 1 heterocycles. The van der Waals surface area contributed by atoms with Gasteiger partial charge < -0.3 is 69.3 Å². The number of nitrogens with zero attached hydrogens (tertiary/aromatic N) is 1. The number of aliphatic carboxylic acids is 2. The highest BCUT2D eigenvalue weighted by Crippen LogP contribution is 2.20. The van der Waals surface area contributed by atoms with Crippen molar-refractivity contribution in [3.63, 3.8) is 0 Å². The molecule has 24 nitrogen and oxygen atoms in total. The first kappa shape index (κ1) is 51.1. The minimum atomic E-state index is -2.32. The summed E-state index contributed by atoms with van der Waals surface area (Å²) in [7, 11) is 0. The zero-order valence-electron chi connectivity index (χ0n) is 33.6. The molecule has 0 aromatic heterocycles. The van der Waals surface area contributed by atoms with Gasteiger partial charge in [0, 0.05) is 19.4 Å². The Morgan fingerprint density at radius 2 is 1.29 bits per heavy atom. The highest BCUT2D eigenvalue weighted by atomic mass is 16.4. The van der Waals surface area contributed by atoms with Crippen LogP contribution in [-0.4, -0.2) is 147 Å². The maximum absolute atomic E-state index is 13.7. The van der Waals surface area contributed by atoms with Gasteiger partial charge in [-0.1, -0.05) is 34.1 Å². The zero-order valence-corrected chi connectivity index (χ0v) is 33.6. The predicted molar refractivity (Wildman–Crippen MR) is 203 cm³/mol. The van der Waals surface area contributed by atoms with Crippen LogP contribution in [0.15, 0.2) is 0 Å². The monoisotopic (exact) mass is 842 g/mol. The van der Waals surface area contributed by atoms with Crippen molar-refractivity contribution >= 4 is 65.1 Å². The van der Waals surface area contributed by atoms with E-state index in [4.69, 9.17) is 27.4 Å². The van der Waals surface area contributed by atoms with Crippen LogP contribution in [0.5, 0.6) is 0 Å². The Bertz CT molecular complexity index is 1590. The summed E-state index contributed by atoms with van der Waals surface area (Å²) >= 11 is 0. The van der Waals surface area contributed by atoms with Gasteiger partial charge in [-0.3, -0.25) is 52.7 Å². The minimum Gasteiger partial charge on any atom is -0.481 e. The number of nitrogens with one attached hydrogen (secondary N) is 6. The number of amides is 9. The van der Waals surface area contributed by atoms with E-state index in [1.54, 1.807) is 13.8 Å². The molecule has 0 aromatic rings. The van der Waals surface area contributed by atoms with E-state index in [2.05, 4.69) is 31.9 Å². The van der Waals surface area contributed by atoms with Crippen LogP contribution >= 0.6 is 0 Å². The third kappa shape index (κ3) is 16.5. The number of primary amides is 2. The number of aliphatic hydroxyl groups excluding tert-OH is 1. The van der Waals surface area contributed by atoms with Crippen molar-refractivity contribution in [3.05, 3.63) is 0 Å². The number of rotatable bonds is 25. The van der Waals surface area contributed by atoms with Gasteiger partial charge in [0.25, 0.3) is 0 Å². The second-order valence-electron chi connectivity index (χ2n) is 14.6. The third-order valence-corrected chi connectivity index (χ3v) is 9.53. The van der Waals surface area contributed by atoms with Crippen molar-refractivity contribution in [1.29, 1.82) is 0 Å². The summed E-state index contributed by atoms with van der Waals surface area (Å²) < 4.78 is 0. The number of aliphatic hydroxyl groups is 1. The normalized spacial score (nSPS) is 17.7. The number of carboxylic acids is 2. The van der Waals surface area contributed by atoms with Gasteiger partial charge in [0.2, 0.25) is 53.2 Å². The molecule has 332 valence electrons. The topological polar surface area (TPSA) is 402 Å². The fourth-order valence-electron chi connectivity index (χ4n) is 5.87. The Hall–Kier alpha value is -5.91. The van der Waals surface area contributed by atoms with Crippen LogP contribution in [0, 0.1) is 11.8 Å². The second-order valence-corrected chi connectivity index (χ2v) is 14.6. The van der Waals surface area contributed by atoms with Crippen molar-refractivity contribution in [2.45, 2.75) is 128 Å². The maximum Gasteiger partial charge on any atom is 0.322 e. The molecule has 1 fully saturated rings. The zero-order chi connectivity index (χ0) is 45.3. The second kappa shape index (κ2) is 24.1. The molecule has 0 spiro atoms. The van der Waals surface area contributed by atoms with E-state index in [0.29, 0.717) is 12.8 Å². The van der Waals surface area contributed by atoms with E-state index >= 15 is 0 Å². The van der Waals surface area contributed by atoms with Crippen LogP contribution in [0.3, 0.4) is 0 Å². The molecule has 1 saturated heterocycles. The van der Waals surface area contributed by atoms with Crippen molar-refractivity contribution < 1.29 is 68.1 Å². The molecule has 0 aliphatic carbocycles. The lowest BCUT2D eigenvalue weighted by atomic mass is 9.97. The highest BCUT2D eigenvalue weighted by Gasteiger charge is 2.41. The molecule has 24 heteroatoms. The van der Waals surface area contributed by atoms with Gasteiger partial charge in [-0.25, -0.2) is 0 Å². The van der Waals surface area contributed by atoms with Crippen LogP contribution in [0.4, 0.5) is 0 Å². The largest absolute Gasteiger partial charge is 0.481 e. The smallest absolute Gasteiger partial charge is 0.322 e. The fourth-order valence-corrected chi connectivity index (χ4v) is 5.87. The summed E-state index contributed by atoms with van der Waals surface area (Å²) in [6, 6.07) is -10.1. The lowest BCUT2D eigenvalue weighted by Gasteiger charge is -2.31. The summed E-state index contributed by atoms with van der Waals surface area (Å²) in [4.78, 5) is 139. The molecule has 9 amide bonds. The van der Waals surface area contributed by atoms with Gasteiger partial charge in [0.05, 0.1) is 6.04 Å². The SMILES string of the molecule is CC[C@H](C)[C@H](NC(=O)[C@@H]1CCCN1C(=O)[C@H](C)NC(=O)[C@@H](NC(=O)[C@@H](NC(=O)[C@@H](N)CCC(=O)O)C(C)C)C(O)C(N)=O)C(=O)N[C@@H](CCC(N)=O)C(=O)NCC(=O)O. The van der Waals surface area contributed by atoms with Crippen molar-refractivity contribution in [3.8, 4) is 0 Å². The summed E-state index contributed by atoms with van der Waals surface area (Å²) in [5, 5.41) is 42.3. The molecule has 1 aliphatic heterocycles. The Kier molecular flexibility index (Phi) is 20.9. The molecule has 59 heavy (non-hydrogen) atoms. The molecular formula is C35H58N10O14. The minimum absolute atomic E-state index is 0.0324. The highest BCUT2D eigenvalue weighted by molar-refractivity contribution is 5.99.